The summed E-state index contributed by atoms with van der Waals surface area (Å²) in [4.78, 5) is 22.9. The first kappa shape index (κ1) is 11.6. The van der Waals surface area contributed by atoms with E-state index in [9.17, 15) is 9.59 Å². The van der Waals surface area contributed by atoms with Crippen LogP contribution in [0, 0.1) is 5.41 Å². The van der Waals surface area contributed by atoms with Crippen molar-refractivity contribution in [3.8, 4) is 0 Å². The molecule has 1 aromatic rings. The van der Waals surface area contributed by atoms with E-state index >= 15 is 0 Å². The van der Waals surface area contributed by atoms with Gasteiger partial charge in [0.15, 0.2) is 0 Å². The summed E-state index contributed by atoms with van der Waals surface area (Å²) >= 11 is 0. The SMILES string of the molecule is O=C(O)C1(C(=O)NCCn2cccn2)CCC1. The quantitative estimate of drug-likeness (QED) is 0.719. The molecule has 0 atom stereocenters. The number of carboxylic acids is 1. The Balaban J connectivity index is 1.83. The molecule has 2 N–H and O–H groups in total. The highest BCUT2D eigenvalue weighted by Gasteiger charge is 2.50. The van der Waals surface area contributed by atoms with Gasteiger partial charge in [-0.15, -0.1) is 0 Å². The minimum Gasteiger partial charge on any atom is -0.480 e. The van der Waals surface area contributed by atoms with Crippen LogP contribution in [0.2, 0.25) is 0 Å². The smallest absolute Gasteiger partial charge is 0.319 e. The molecule has 1 saturated carbocycles. The van der Waals surface area contributed by atoms with E-state index in [4.69, 9.17) is 5.11 Å². The van der Waals surface area contributed by atoms with Crippen molar-refractivity contribution in [1.82, 2.24) is 15.1 Å². The number of hydrogen-bond acceptors (Lipinski definition) is 3. The molecule has 1 fully saturated rings. The number of nitrogens with one attached hydrogen (secondary N) is 1. The Labute approximate surface area is 98.6 Å². The molecule has 1 aliphatic rings. The van der Waals surface area contributed by atoms with E-state index in [0.29, 0.717) is 25.9 Å². The van der Waals surface area contributed by atoms with Gasteiger partial charge in [-0.25, -0.2) is 0 Å². The van der Waals surface area contributed by atoms with Crippen LogP contribution in [-0.2, 0) is 16.1 Å². The maximum atomic E-state index is 11.8. The fourth-order valence-corrected chi connectivity index (χ4v) is 1.95. The van der Waals surface area contributed by atoms with Crippen molar-refractivity contribution in [3.63, 3.8) is 0 Å². The zero-order valence-electron chi connectivity index (χ0n) is 9.43. The number of carbonyl (C=O) groups excluding carboxylic acids is 1. The van der Waals surface area contributed by atoms with E-state index in [1.54, 1.807) is 23.1 Å². The second-order valence-electron chi connectivity index (χ2n) is 4.27. The van der Waals surface area contributed by atoms with E-state index in [2.05, 4.69) is 10.4 Å². The molecule has 6 nitrogen and oxygen atoms in total. The summed E-state index contributed by atoms with van der Waals surface area (Å²) in [5, 5.41) is 15.7. The molecular weight excluding hydrogens is 222 g/mol. The van der Waals surface area contributed by atoms with Crippen LogP contribution in [0.1, 0.15) is 19.3 Å². The van der Waals surface area contributed by atoms with Gasteiger partial charge in [-0.1, -0.05) is 6.42 Å². The third kappa shape index (κ3) is 2.15. The van der Waals surface area contributed by atoms with Gasteiger partial charge in [0, 0.05) is 18.9 Å². The van der Waals surface area contributed by atoms with E-state index < -0.39 is 11.4 Å². The molecule has 0 saturated heterocycles. The molecular formula is C11H15N3O3. The molecule has 1 amide bonds. The summed E-state index contributed by atoms with van der Waals surface area (Å²) in [6, 6.07) is 1.80. The maximum Gasteiger partial charge on any atom is 0.319 e. The number of amides is 1. The third-order valence-corrected chi connectivity index (χ3v) is 3.24. The normalized spacial score (nSPS) is 17.2. The highest BCUT2D eigenvalue weighted by Crippen LogP contribution is 2.41. The van der Waals surface area contributed by atoms with E-state index in [1.165, 1.54) is 0 Å². The Morgan fingerprint density at radius 1 is 1.47 bits per heavy atom. The van der Waals surface area contributed by atoms with E-state index in [0.717, 1.165) is 6.42 Å². The summed E-state index contributed by atoms with van der Waals surface area (Å²) in [5.74, 6) is -1.39. The van der Waals surface area contributed by atoms with Crippen molar-refractivity contribution in [2.75, 3.05) is 6.54 Å². The van der Waals surface area contributed by atoms with Gasteiger partial charge in [0.1, 0.15) is 5.41 Å². The van der Waals surface area contributed by atoms with Gasteiger partial charge in [0.05, 0.1) is 6.54 Å². The van der Waals surface area contributed by atoms with Gasteiger partial charge in [-0.05, 0) is 18.9 Å². The molecule has 2 rings (SSSR count). The summed E-state index contributed by atoms with van der Waals surface area (Å²) in [6.07, 6.45) is 5.14. The zero-order valence-corrected chi connectivity index (χ0v) is 9.43. The Bertz CT molecular complexity index is 410. The second-order valence-corrected chi connectivity index (χ2v) is 4.27. The molecule has 1 aromatic heterocycles. The molecule has 1 heterocycles. The summed E-state index contributed by atoms with van der Waals surface area (Å²) in [6.45, 7) is 0.948. The molecule has 92 valence electrons. The lowest BCUT2D eigenvalue weighted by atomic mass is 9.68. The largest absolute Gasteiger partial charge is 0.480 e. The number of aliphatic carboxylic acids is 1. The van der Waals surface area contributed by atoms with Crippen molar-refractivity contribution in [2.45, 2.75) is 25.8 Å². The molecule has 17 heavy (non-hydrogen) atoms. The van der Waals surface area contributed by atoms with Crippen molar-refractivity contribution in [1.29, 1.82) is 0 Å². The van der Waals surface area contributed by atoms with Gasteiger partial charge in [-0.2, -0.15) is 5.10 Å². The molecule has 0 bridgehead atoms. The fourth-order valence-electron chi connectivity index (χ4n) is 1.95. The van der Waals surface area contributed by atoms with Gasteiger partial charge in [0.2, 0.25) is 5.91 Å². The average molecular weight is 237 g/mol. The van der Waals surface area contributed by atoms with Gasteiger partial charge in [0.25, 0.3) is 0 Å². The first-order valence-corrected chi connectivity index (χ1v) is 5.64. The van der Waals surface area contributed by atoms with Crippen LogP contribution >= 0.6 is 0 Å². The molecule has 1 aliphatic carbocycles. The number of rotatable bonds is 5. The monoisotopic (exact) mass is 237 g/mol. The molecule has 0 aliphatic heterocycles. The van der Waals surface area contributed by atoms with Crippen LogP contribution in [0.5, 0.6) is 0 Å². The Kier molecular flexibility index (Phi) is 3.12. The lowest BCUT2D eigenvalue weighted by molar-refractivity contribution is -0.162. The maximum absolute atomic E-state index is 11.8. The van der Waals surface area contributed by atoms with E-state index in [1.807, 2.05) is 0 Å². The topological polar surface area (TPSA) is 84.2 Å². The number of carbonyl (C=O) groups is 2. The van der Waals surface area contributed by atoms with Gasteiger partial charge >= 0.3 is 5.97 Å². The Morgan fingerprint density at radius 2 is 2.24 bits per heavy atom. The van der Waals surface area contributed by atoms with Crippen molar-refractivity contribution in [3.05, 3.63) is 18.5 Å². The average Bonchev–Trinajstić information content (AvgIpc) is 2.67. The third-order valence-electron chi connectivity index (χ3n) is 3.24. The predicted octanol–water partition coefficient (Wildman–Crippen LogP) is 0.254. The lowest BCUT2D eigenvalue weighted by Gasteiger charge is -2.35. The molecule has 0 aromatic carbocycles. The van der Waals surface area contributed by atoms with Crippen LogP contribution < -0.4 is 5.32 Å². The van der Waals surface area contributed by atoms with Crippen molar-refractivity contribution in [2.24, 2.45) is 5.41 Å². The second kappa shape index (κ2) is 4.57. The van der Waals surface area contributed by atoms with Crippen LogP contribution in [-0.4, -0.2) is 33.3 Å². The fraction of sp³-hybridized carbons (Fsp3) is 0.545. The van der Waals surface area contributed by atoms with E-state index in [-0.39, 0.29) is 5.91 Å². The molecule has 0 unspecified atom stereocenters. The zero-order chi connectivity index (χ0) is 12.3. The number of nitrogens with zero attached hydrogens (tertiary/aromatic N) is 2. The summed E-state index contributed by atoms with van der Waals surface area (Å²) < 4.78 is 1.69. The predicted molar refractivity (Wildman–Crippen MR) is 59.2 cm³/mol. The highest BCUT2D eigenvalue weighted by atomic mass is 16.4. The molecule has 6 heteroatoms. The standard InChI is InChI=1S/C11H15N3O3/c15-9(11(10(16)17)3-1-4-11)12-6-8-14-7-2-5-13-14/h2,5,7H,1,3-4,6,8H2,(H,12,15)(H,16,17). The highest BCUT2D eigenvalue weighted by molar-refractivity contribution is 6.02. The van der Waals surface area contributed by atoms with Crippen LogP contribution in [0.4, 0.5) is 0 Å². The summed E-state index contributed by atoms with van der Waals surface area (Å²) in [7, 11) is 0. The lowest BCUT2D eigenvalue weighted by Crippen LogP contribution is -2.51. The van der Waals surface area contributed by atoms with Gasteiger partial charge in [-0.3, -0.25) is 14.3 Å². The number of aromatic nitrogens is 2. The number of hydrogen-bond donors (Lipinski definition) is 2. The number of carboxylic acid groups (broad SMARTS) is 1. The van der Waals surface area contributed by atoms with Crippen molar-refractivity contribution >= 4 is 11.9 Å². The first-order chi connectivity index (χ1) is 8.15. The Morgan fingerprint density at radius 3 is 2.71 bits per heavy atom. The van der Waals surface area contributed by atoms with Crippen LogP contribution in [0.25, 0.3) is 0 Å². The van der Waals surface area contributed by atoms with Crippen LogP contribution in [0.15, 0.2) is 18.5 Å². The van der Waals surface area contributed by atoms with Crippen LogP contribution in [0.3, 0.4) is 0 Å². The molecule has 0 radical (unpaired) electrons. The molecule has 0 spiro atoms. The van der Waals surface area contributed by atoms with Gasteiger partial charge < -0.3 is 10.4 Å². The summed E-state index contributed by atoms with van der Waals surface area (Å²) in [5.41, 5.74) is -1.18. The minimum atomic E-state index is -1.18. The Hall–Kier alpha value is -1.85. The minimum absolute atomic E-state index is 0.372. The van der Waals surface area contributed by atoms with Crippen molar-refractivity contribution < 1.29 is 14.7 Å². The first-order valence-electron chi connectivity index (χ1n) is 5.64.